The summed E-state index contributed by atoms with van der Waals surface area (Å²) in [5.74, 6) is 0.338. The van der Waals surface area contributed by atoms with Gasteiger partial charge in [0.05, 0.1) is 6.04 Å². The quantitative estimate of drug-likeness (QED) is 0.637. The zero-order chi connectivity index (χ0) is 23.5. The van der Waals surface area contributed by atoms with E-state index in [-0.39, 0.29) is 28.7 Å². The van der Waals surface area contributed by atoms with Crippen LogP contribution in [0.5, 0.6) is 0 Å². The van der Waals surface area contributed by atoms with E-state index in [2.05, 4.69) is 55.5 Å². The largest absolute Gasteiger partial charge is 0.360 e. The number of carbonyl (C=O) groups excluding carboxylic acids is 1. The van der Waals surface area contributed by atoms with Crippen LogP contribution < -0.4 is 5.32 Å². The van der Waals surface area contributed by atoms with Gasteiger partial charge in [0.2, 0.25) is 15.9 Å². The molecule has 0 bridgehead atoms. The Hall–Kier alpha value is -2.19. The normalized spacial score (nSPS) is 16.9. The summed E-state index contributed by atoms with van der Waals surface area (Å²) in [7, 11) is -3.67. The first-order chi connectivity index (χ1) is 15.1. The summed E-state index contributed by atoms with van der Waals surface area (Å²) in [5, 5.41) is 6.99. The minimum atomic E-state index is -3.67. The lowest BCUT2D eigenvalue weighted by atomic mass is 9.92. The second-order valence-electron chi connectivity index (χ2n) is 9.05. The van der Waals surface area contributed by atoms with Crippen molar-refractivity contribution in [3.63, 3.8) is 0 Å². The van der Waals surface area contributed by atoms with Crippen LogP contribution in [-0.4, -0.2) is 36.9 Å². The van der Waals surface area contributed by atoms with Crippen LogP contribution in [0.15, 0.2) is 33.7 Å². The van der Waals surface area contributed by atoms with Gasteiger partial charge in [0.1, 0.15) is 10.6 Å². The molecule has 1 fully saturated rings. The number of hydrogen-bond donors (Lipinski definition) is 1. The van der Waals surface area contributed by atoms with E-state index in [0.29, 0.717) is 37.4 Å². The number of nitrogens with one attached hydrogen (secondary N) is 1. The lowest BCUT2D eigenvalue weighted by Crippen LogP contribution is -2.44. The molecule has 2 aromatic rings. The van der Waals surface area contributed by atoms with Crippen molar-refractivity contribution in [2.45, 2.75) is 71.2 Å². The van der Waals surface area contributed by atoms with Gasteiger partial charge < -0.3 is 9.84 Å². The second-order valence-corrected chi connectivity index (χ2v) is 10.9. The highest BCUT2D eigenvalue weighted by Crippen LogP contribution is 2.29. The van der Waals surface area contributed by atoms with Gasteiger partial charge in [-0.1, -0.05) is 56.6 Å². The fourth-order valence-electron chi connectivity index (χ4n) is 4.42. The Bertz CT molecular complexity index is 1000. The molecule has 1 unspecified atom stereocenters. The number of rotatable bonds is 8. The molecule has 1 atom stereocenters. The molecule has 1 aromatic carbocycles. The van der Waals surface area contributed by atoms with Crippen LogP contribution in [0.3, 0.4) is 0 Å². The predicted octanol–water partition coefficient (Wildman–Crippen LogP) is 4.16. The van der Waals surface area contributed by atoms with Gasteiger partial charge in [0.25, 0.3) is 0 Å². The average Bonchev–Trinajstić information content (AvgIpc) is 3.11. The number of sulfonamides is 1. The van der Waals surface area contributed by atoms with Crippen molar-refractivity contribution in [1.29, 1.82) is 0 Å². The monoisotopic (exact) mass is 461 g/mol. The molecule has 1 aliphatic rings. The first kappa shape index (κ1) is 24.5. The van der Waals surface area contributed by atoms with Gasteiger partial charge in [-0.25, -0.2) is 8.42 Å². The topological polar surface area (TPSA) is 92.5 Å². The van der Waals surface area contributed by atoms with Gasteiger partial charge in [-0.3, -0.25) is 4.79 Å². The lowest BCUT2D eigenvalue weighted by molar-refractivity contribution is -0.127. The lowest BCUT2D eigenvalue weighted by Gasteiger charge is -2.32. The highest BCUT2D eigenvalue weighted by Gasteiger charge is 2.36. The first-order valence-corrected chi connectivity index (χ1v) is 12.9. The Morgan fingerprint density at radius 2 is 1.81 bits per heavy atom. The van der Waals surface area contributed by atoms with Crippen LogP contribution in [0, 0.1) is 25.7 Å². The van der Waals surface area contributed by atoms with E-state index in [4.69, 9.17) is 4.52 Å². The van der Waals surface area contributed by atoms with Gasteiger partial charge in [0.15, 0.2) is 5.76 Å². The Kier molecular flexibility index (Phi) is 7.77. The Morgan fingerprint density at radius 3 is 2.31 bits per heavy atom. The Balaban J connectivity index is 1.64. The Labute approximate surface area is 191 Å². The van der Waals surface area contributed by atoms with Crippen LogP contribution in [0.4, 0.5) is 0 Å². The van der Waals surface area contributed by atoms with Crippen LogP contribution in [-0.2, 0) is 21.2 Å². The predicted molar refractivity (Wildman–Crippen MR) is 124 cm³/mol. The van der Waals surface area contributed by atoms with Crippen LogP contribution >= 0.6 is 0 Å². The number of aryl methyl sites for hydroxylation is 3. The maximum absolute atomic E-state index is 13.0. The molecule has 0 spiro atoms. The number of benzene rings is 1. The molecular formula is C24H35N3O4S. The zero-order valence-electron chi connectivity index (χ0n) is 19.7. The molecule has 7 nitrogen and oxygen atoms in total. The molecule has 176 valence electrons. The van der Waals surface area contributed by atoms with Crippen molar-refractivity contribution in [1.82, 2.24) is 14.8 Å². The molecule has 0 saturated carbocycles. The van der Waals surface area contributed by atoms with Gasteiger partial charge >= 0.3 is 0 Å². The number of piperidine rings is 1. The van der Waals surface area contributed by atoms with E-state index in [1.165, 1.54) is 9.87 Å². The van der Waals surface area contributed by atoms with Crippen molar-refractivity contribution in [2.75, 3.05) is 13.1 Å². The molecule has 1 amide bonds. The summed E-state index contributed by atoms with van der Waals surface area (Å²) in [4.78, 5) is 13.2. The summed E-state index contributed by atoms with van der Waals surface area (Å²) >= 11 is 0. The minimum absolute atomic E-state index is 0.00396. The average molecular weight is 462 g/mol. The number of aromatic nitrogens is 1. The molecule has 8 heteroatoms. The van der Waals surface area contributed by atoms with Crippen LogP contribution in [0.25, 0.3) is 0 Å². The minimum Gasteiger partial charge on any atom is -0.360 e. The van der Waals surface area contributed by atoms with Gasteiger partial charge in [-0.15, -0.1) is 0 Å². The molecule has 1 aromatic heterocycles. The maximum Gasteiger partial charge on any atom is 0.248 e. The number of nitrogens with zero attached hydrogens (tertiary/aromatic N) is 2. The van der Waals surface area contributed by atoms with Crippen molar-refractivity contribution in [3.8, 4) is 0 Å². The highest BCUT2D eigenvalue weighted by molar-refractivity contribution is 7.89. The smallest absolute Gasteiger partial charge is 0.248 e. The van der Waals surface area contributed by atoms with E-state index in [0.717, 1.165) is 18.4 Å². The van der Waals surface area contributed by atoms with E-state index in [9.17, 15) is 13.2 Å². The third kappa shape index (κ3) is 5.23. The second kappa shape index (κ2) is 10.2. The molecular weight excluding hydrogens is 426 g/mol. The SMILES string of the molecule is CCCc1ccc(C(NC(=O)C2CCN(S(=O)(=O)c3c(C)noc3C)CC2)C(C)C)cc1. The van der Waals surface area contributed by atoms with Crippen LogP contribution in [0.1, 0.15) is 68.7 Å². The molecule has 3 rings (SSSR count). The van der Waals surface area contributed by atoms with Gasteiger partial charge in [-0.05, 0) is 50.2 Å². The number of amides is 1. The van der Waals surface area contributed by atoms with Crippen molar-refractivity contribution in [2.24, 2.45) is 11.8 Å². The molecule has 1 aliphatic heterocycles. The summed E-state index contributed by atoms with van der Waals surface area (Å²) < 4.78 is 32.5. The molecule has 0 radical (unpaired) electrons. The van der Waals surface area contributed by atoms with E-state index < -0.39 is 10.0 Å². The van der Waals surface area contributed by atoms with Crippen molar-refractivity contribution < 1.29 is 17.7 Å². The molecule has 1 N–H and O–H groups in total. The zero-order valence-corrected chi connectivity index (χ0v) is 20.5. The van der Waals surface area contributed by atoms with Gasteiger partial charge in [0, 0.05) is 19.0 Å². The maximum atomic E-state index is 13.0. The highest BCUT2D eigenvalue weighted by atomic mass is 32.2. The molecule has 32 heavy (non-hydrogen) atoms. The van der Waals surface area contributed by atoms with Crippen molar-refractivity contribution >= 4 is 15.9 Å². The van der Waals surface area contributed by atoms with Crippen LogP contribution in [0.2, 0.25) is 0 Å². The standard InChI is InChI=1S/C24H35N3O4S/c1-6-7-19-8-10-20(11-9-19)22(16(2)3)25-24(28)21-12-14-27(15-13-21)32(29,30)23-17(4)26-31-18(23)5/h8-11,16,21-22H,6-7,12-15H2,1-5H3,(H,25,28). The fourth-order valence-corrected chi connectivity index (χ4v) is 6.18. The number of hydrogen-bond acceptors (Lipinski definition) is 5. The van der Waals surface area contributed by atoms with Gasteiger partial charge in [-0.2, -0.15) is 4.31 Å². The fraction of sp³-hybridized carbons (Fsp3) is 0.583. The third-order valence-electron chi connectivity index (χ3n) is 6.23. The summed E-state index contributed by atoms with van der Waals surface area (Å²) in [5.41, 5.74) is 2.77. The number of carbonyl (C=O) groups is 1. The third-order valence-corrected chi connectivity index (χ3v) is 8.38. The summed E-state index contributed by atoms with van der Waals surface area (Å²) in [6.45, 7) is 10.2. The molecule has 2 heterocycles. The Morgan fingerprint density at radius 1 is 1.19 bits per heavy atom. The van der Waals surface area contributed by atoms with E-state index in [1.54, 1.807) is 13.8 Å². The summed E-state index contributed by atoms with van der Waals surface area (Å²) in [6.07, 6.45) is 3.14. The van der Waals surface area contributed by atoms with Crippen molar-refractivity contribution in [3.05, 3.63) is 46.8 Å². The van der Waals surface area contributed by atoms with E-state index >= 15 is 0 Å². The summed E-state index contributed by atoms with van der Waals surface area (Å²) in [6, 6.07) is 8.42. The molecule has 1 saturated heterocycles. The first-order valence-electron chi connectivity index (χ1n) is 11.5. The molecule has 0 aliphatic carbocycles. The van der Waals surface area contributed by atoms with E-state index in [1.807, 2.05) is 0 Å².